The van der Waals surface area contributed by atoms with Crippen LogP contribution < -0.4 is 5.32 Å². The Labute approximate surface area is 95.4 Å². The molecule has 0 aromatic heterocycles. The van der Waals surface area contributed by atoms with Crippen molar-refractivity contribution in [3.8, 4) is 0 Å². The average Bonchev–Trinajstić information content (AvgIpc) is 2.13. The standard InChI is InChI=1S/C13H28N2/c1-6-15-8-11(2)7-12(9-15)14-10-13(3,4)5/h11-12,14H,6-10H2,1-5H3. The number of nitrogens with one attached hydrogen (secondary N) is 1. The van der Waals surface area contributed by atoms with E-state index < -0.39 is 0 Å². The van der Waals surface area contributed by atoms with E-state index in [0.717, 1.165) is 12.5 Å². The van der Waals surface area contributed by atoms with Crippen LogP contribution in [0.4, 0.5) is 0 Å². The van der Waals surface area contributed by atoms with Crippen LogP contribution in [0.2, 0.25) is 0 Å². The van der Waals surface area contributed by atoms with Gasteiger partial charge in [0.25, 0.3) is 0 Å². The first-order valence-electron chi connectivity index (χ1n) is 6.36. The second kappa shape index (κ2) is 5.31. The summed E-state index contributed by atoms with van der Waals surface area (Å²) >= 11 is 0. The van der Waals surface area contributed by atoms with Crippen LogP contribution in [-0.2, 0) is 0 Å². The van der Waals surface area contributed by atoms with Crippen LogP contribution in [0, 0.1) is 11.3 Å². The van der Waals surface area contributed by atoms with Crippen molar-refractivity contribution in [3.63, 3.8) is 0 Å². The SMILES string of the molecule is CCN1CC(C)CC(NCC(C)(C)C)C1. The molecule has 1 aliphatic rings. The van der Waals surface area contributed by atoms with Gasteiger partial charge >= 0.3 is 0 Å². The molecule has 1 N–H and O–H groups in total. The van der Waals surface area contributed by atoms with Crippen LogP contribution in [0.3, 0.4) is 0 Å². The molecule has 0 aromatic rings. The number of rotatable bonds is 3. The Hall–Kier alpha value is -0.0800. The molecule has 0 amide bonds. The summed E-state index contributed by atoms with van der Waals surface area (Å²) < 4.78 is 0. The molecule has 0 saturated carbocycles. The Kier molecular flexibility index (Phi) is 4.60. The second-order valence-electron chi connectivity index (χ2n) is 6.33. The van der Waals surface area contributed by atoms with Gasteiger partial charge in [0, 0.05) is 25.7 Å². The van der Waals surface area contributed by atoms with Crippen molar-refractivity contribution >= 4 is 0 Å². The number of hydrogen-bond donors (Lipinski definition) is 1. The van der Waals surface area contributed by atoms with Crippen molar-refractivity contribution < 1.29 is 0 Å². The smallest absolute Gasteiger partial charge is 0.0198 e. The molecule has 2 atom stereocenters. The second-order valence-corrected chi connectivity index (χ2v) is 6.33. The Morgan fingerprint density at radius 2 is 1.93 bits per heavy atom. The van der Waals surface area contributed by atoms with E-state index in [4.69, 9.17) is 0 Å². The molecular weight excluding hydrogens is 184 g/mol. The molecule has 0 aliphatic carbocycles. The minimum atomic E-state index is 0.401. The Balaban J connectivity index is 2.35. The van der Waals surface area contributed by atoms with Crippen molar-refractivity contribution in [2.24, 2.45) is 11.3 Å². The maximum Gasteiger partial charge on any atom is 0.0198 e. The zero-order valence-electron chi connectivity index (χ0n) is 11.1. The third kappa shape index (κ3) is 4.98. The highest BCUT2D eigenvalue weighted by atomic mass is 15.2. The van der Waals surface area contributed by atoms with Gasteiger partial charge in [-0.05, 0) is 24.3 Å². The zero-order chi connectivity index (χ0) is 11.5. The van der Waals surface area contributed by atoms with Crippen LogP contribution in [0.15, 0.2) is 0 Å². The van der Waals surface area contributed by atoms with Crippen LogP contribution >= 0.6 is 0 Å². The van der Waals surface area contributed by atoms with Gasteiger partial charge in [0.05, 0.1) is 0 Å². The molecule has 2 heteroatoms. The summed E-state index contributed by atoms with van der Waals surface area (Å²) in [5.74, 6) is 0.844. The summed E-state index contributed by atoms with van der Waals surface area (Å²) in [7, 11) is 0. The predicted molar refractivity (Wildman–Crippen MR) is 67.1 cm³/mol. The third-order valence-corrected chi connectivity index (χ3v) is 3.10. The van der Waals surface area contributed by atoms with E-state index >= 15 is 0 Å². The summed E-state index contributed by atoms with van der Waals surface area (Å²) in [5.41, 5.74) is 0.401. The van der Waals surface area contributed by atoms with Gasteiger partial charge in [0.15, 0.2) is 0 Å². The van der Waals surface area contributed by atoms with E-state index in [9.17, 15) is 0 Å². The summed E-state index contributed by atoms with van der Waals surface area (Å²) in [6, 6.07) is 0.702. The lowest BCUT2D eigenvalue weighted by Crippen LogP contribution is -2.50. The molecule has 1 saturated heterocycles. The highest BCUT2D eigenvalue weighted by Crippen LogP contribution is 2.18. The van der Waals surface area contributed by atoms with Crippen LogP contribution in [0.5, 0.6) is 0 Å². The molecular formula is C13H28N2. The molecule has 0 spiro atoms. The van der Waals surface area contributed by atoms with Crippen LogP contribution in [0.1, 0.15) is 41.0 Å². The topological polar surface area (TPSA) is 15.3 Å². The lowest BCUT2D eigenvalue weighted by Gasteiger charge is -2.37. The van der Waals surface area contributed by atoms with E-state index in [1.54, 1.807) is 0 Å². The molecule has 15 heavy (non-hydrogen) atoms. The highest BCUT2D eigenvalue weighted by Gasteiger charge is 2.24. The summed E-state index contributed by atoms with van der Waals surface area (Å²) in [5, 5.41) is 3.71. The molecule has 0 bridgehead atoms. The zero-order valence-corrected chi connectivity index (χ0v) is 11.1. The van der Waals surface area contributed by atoms with Crippen molar-refractivity contribution in [2.45, 2.75) is 47.1 Å². The highest BCUT2D eigenvalue weighted by molar-refractivity contribution is 4.82. The number of hydrogen-bond acceptors (Lipinski definition) is 2. The van der Waals surface area contributed by atoms with Crippen LogP contribution in [0.25, 0.3) is 0 Å². The van der Waals surface area contributed by atoms with Crippen molar-refractivity contribution in [3.05, 3.63) is 0 Å². The molecule has 1 fully saturated rings. The van der Waals surface area contributed by atoms with Crippen molar-refractivity contribution in [1.82, 2.24) is 10.2 Å². The molecule has 90 valence electrons. The lowest BCUT2D eigenvalue weighted by atomic mass is 9.93. The summed E-state index contributed by atoms with van der Waals surface area (Å²) in [4.78, 5) is 2.56. The Morgan fingerprint density at radius 1 is 1.27 bits per heavy atom. The first kappa shape index (κ1) is 13.0. The lowest BCUT2D eigenvalue weighted by molar-refractivity contribution is 0.149. The fourth-order valence-corrected chi connectivity index (χ4v) is 2.32. The van der Waals surface area contributed by atoms with E-state index in [1.807, 2.05) is 0 Å². The average molecular weight is 212 g/mol. The molecule has 1 rings (SSSR count). The van der Waals surface area contributed by atoms with Gasteiger partial charge in [-0.3, -0.25) is 0 Å². The summed E-state index contributed by atoms with van der Waals surface area (Å²) in [6.45, 7) is 16.4. The van der Waals surface area contributed by atoms with Gasteiger partial charge in [0.2, 0.25) is 0 Å². The largest absolute Gasteiger partial charge is 0.312 e. The van der Waals surface area contributed by atoms with E-state index in [0.29, 0.717) is 11.5 Å². The first-order chi connectivity index (χ1) is 6.90. The van der Waals surface area contributed by atoms with Gasteiger partial charge in [-0.15, -0.1) is 0 Å². The first-order valence-corrected chi connectivity index (χ1v) is 6.36. The van der Waals surface area contributed by atoms with Crippen molar-refractivity contribution in [1.29, 1.82) is 0 Å². The molecule has 2 nitrogen and oxygen atoms in total. The third-order valence-electron chi connectivity index (χ3n) is 3.10. The molecule has 2 unspecified atom stereocenters. The molecule has 1 heterocycles. The van der Waals surface area contributed by atoms with Gasteiger partial charge < -0.3 is 10.2 Å². The number of likely N-dealkylation sites (N-methyl/N-ethyl adjacent to an activating group) is 1. The van der Waals surface area contributed by atoms with Crippen LogP contribution in [-0.4, -0.2) is 37.1 Å². The van der Waals surface area contributed by atoms with E-state index in [1.165, 1.54) is 26.1 Å². The van der Waals surface area contributed by atoms with Gasteiger partial charge in [0.1, 0.15) is 0 Å². The Morgan fingerprint density at radius 3 is 2.47 bits per heavy atom. The summed E-state index contributed by atoms with van der Waals surface area (Å²) in [6.07, 6.45) is 1.34. The van der Waals surface area contributed by atoms with Gasteiger partial charge in [-0.2, -0.15) is 0 Å². The predicted octanol–water partition coefficient (Wildman–Crippen LogP) is 2.35. The Bertz CT molecular complexity index is 183. The van der Waals surface area contributed by atoms with Crippen molar-refractivity contribution in [2.75, 3.05) is 26.2 Å². The minimum absolute atomic E-state index is 0.401. The van der Waals surface area contributed by atoms with E-state index in [-0.39, 0.29) is 0 Å². The van der Waals surface area contributed by atoms with E-state index in [2.05, 4.69) is 44.8 Å². The number of nitrogens with zero attached hydrogens (tertiary/aromatic N) is 1. The molecule has 0 aromatic carbocycles. The fourth-order valence-electron chi connectivity index (χ4n) is 2.32. The molecule has 0 radical (unpaired) electrons. The number of piperidine rings is 1. The van der Waals surface area contributed by atoms with Gasteiger partial charge in [-0.25, -0.2) is 0 Å². The maximum absolute atomic E-state index is 3.71. The normalized spacial score (nSPS) is 29.4. The number of likely N-dealkylation sites (tertiary alicyclic amines) is 1. The minimum Gasteiger partial charge on any atom is -0.312 e. The monoisotopic (exact) mass is 212 g/mol. The maximum atomic E-state index is 3.71. The molecule has 1 aliphatic heterocycles. The quantitative estimate of drug-likeness (QED) is 0.772. The fraction of sp³-hybridized carbons (Fsp3) is 1.00. The van der Waals surface area contributed by atoms with Gasteiger partial charge in [-0.1, -0.05) is 34.6 Å².